The minimum atomic E-state index is -0.987. The Morgan fingerprint density at radius 2 is 1.90 bits per heavy atom. The monoisotopic (exact) mass is 287 g/mol. The number of ether oxygens (including phenoxy) is 2. The zero-order valence-corrected chi connectivity index (χ0v) is 11.8. The highest BCUT2D eigenvalue weighted by Gasteiger charge is 2.10. The second-order valence-corrected chi connectivity index (χ2v) is 4.35. The fourth-order valence-corrected chi connectivity index (χ4v) is 1.86. The molecule has 21 heavy (non-hydrogen) atoms. The lowest BCUT2D eigenvalue weighted by atomic mass is 10.2. The first kappa shape index (κ1) is 14.8. The van der Waals surface area contributed by atoms with Gasteiger partial charge in [0.2, 0.25) is 0 Å². The van der Waals surface area contributed by atoms with Crippen molar-refractivity contribution < 1.29 is 19.4 Å². The zero-order chi connectivity index (χ0) is 15.1. The number of pyridine rings is 1. The molecule has 0 amide bonds. The number of carboxylic acids is 1. The van der Waals surface area contributed by atoms with Crippen molar-refractivity contribution in [3.05, 3.63) is 53.9 Å². The van der Waals surface area contributed by atoms with Crippen LogP contribution in [0.5, 0.6) is 11.5 Å². The van der Waals surface area contributed by atoms with E-state index >= 15 is 0 Å². The van der Waals surface area contributed by atoms with Crippen molar-refractivity contribution in [1.82, 2.24) is 4.98 Å². The van der Waals surface area contributed by atoms with Gasteiger partial charge >= 0.3 is 5.97 Å². The molecule has 0 fully saturated rings. The van der Waals surface area contributed by atoms with Gasteiger partial charge in [0.15, 0.2) is 11.5 Å². The van der Waals surface area contributed by atoms with Crippen molar-refractivity contribution >= 4 is 5.97 Å². The molecule has 0 saturated heterocycles. The lowest BCUT2D eigenvalue weighted by molar-refractivity contribution is 0.0696. The molecule has 1 heterocycles. The molecule has 2 aromatic rings. The zero-order valence-electron chi connectivity index (χ0n) is 11.8. The van der Waals surface area contributed by atoms with Gasteiger partial charge < -0.3 is 14.6 Å². The Morgan fingerprint density at radius 3 is 2.57 bits per heavy atom. The van der Waals surface area contributed by atoms with Crippen LogP contribution in [0.2, 0.25) is 0 Å². The molecule has 0 saturated carbocycles. The number of hydrogen-bond acceptors (Lipinski definition) is 4. The number of rotatable bonds is 7. The summed E-state index contributed by atoms with van der Waals surface area (Å²) < 4.78 is 11.1. The van der Waals surface area contributed by atoms with Crippen molar-refractivity contribution in [1.29, 1.82) is 0 Å². The molecule has 0 unspecified atom stereocenters. The van der Waals surface area contributed by atoms with Crippen LogP contribution in [-0.2, 0) is 6.42 Å². The van der Waals surface area contributed by atoms with E-state index in [0.717, 1.165) is 12.0 Å². The lowest BCUT2D eigenvalue weighted by Gasteiger charge is -2.12. The SMILES string of the molecule is CCOc1cc(C(=O)O)ccc1OCCc1ccncc1. The van der Waals surface area contributed by atoms with Crippen molar-refractivity contribution in [2.24, 2.45) is 0 Å². The second kappa shape index (κ2) is 7.28. The van der Waals surface area contributed by atoms with Gasteiger partial charge in [-0.25, -0.2) is 4.79 Å². The summed E-state index contributed by atoms with van der Waals surface area (Å²) in [5.41, 5.74) is 1.31. The molecule has 0 aliphatic carbocycles. The molecule has 5 heteroatoms. The summed E-state index contributed by atoms with van der Waals surface area (Å²) in [6.07, 6.45) is 4.22. The molecule has 0 radical (unpaired) electrons. The highest BCUT2D eigenvalue weighted by Crippen LogP contribution is 2.28. The van der Waals surface area contributed by atoms with Crippen molar-refractivity contribution in [3.63, 3.8) is 0 Å². The molecule has 1 aromatic heterocycles. The molecule has 0 atom stereocenters. The molecule has 2 rings (SSSR count). The number of aromatic nitrogens is 1. The van der Waals surface area contributed by atoms with Gasteiger partial charge in [0, 0.05) is 18.8 Å². The molecule has 110 valence electrons. The molecule has 0 aliphatic heterocycles. The maximum atomic E-state index is 11.0. The van der Waals surface area contributed by atoms with Crippen LogP contribution in [0.25, 0.3) is 0 Å². The predicted octanol–water partition coefficient (Wildman–Crippen LogP) is 2.80. The van der Waals surface area contributed by atoms with Gasteiger partial charge in [0.1, 0.15) is 0 Å². The van der Waals surface area contributed by atoms with Crippen LogP contribution in [0.15, 0.2) is 42.7 Å². The number of aromatic carboxylic acids is 1. The smallest absolute Gasteiger partial charge is 0.335 e. The van der Waals surface area contributed by atoms with E-state index in [4.69, 9.17) is 14.6 Å². The summed E-state index contributed by atoms with van der Waals surface area (Å²) in [5, 5.41) is 8.99. The summed E-state index contributed by atoms with van der Waals surface area (Å²) in [7, 11) is 0. The van der Waals surface area contributed by atoms with Gasteiger partial charge in [0.05, 0.1) is 18.8 Å². The van der Waals surface area contributed by atoms with Crippen LogP contribution in [-0.4, -0.2) is 29.3 Å². The van der Waals surface area contributed by atoms with Crippen molar-refractivity contribution in [2.45, 2.75) is 13.3 Å². The van der Waals surface area contributed by atoms with E-state index in [1.807, 2.05) is 19.1 Å². The average molecular weight is 287 g/mol. The van der Waals surface area contributed by atoms with Crippen LogP contribution in [0.1, 0.15) is 22.8 Å². The summed E-state index contributed by atoms with van der Waals surface area (Å²) in [6.45, 7) is 2.77. The van der Waals surface area contributed by atoms with E-state index in [1.54, 1.807) is 18.5 Å². The standard InChI is InChI=1S/C16H17NO4/c1-2-20-15-11-13(16(18)19)3-4-14(15)21-10-7-12-5-8-17-9-6-12/h3-6,8-9,11H,2,7,10H2,1H3,(H,18,19). The van der Waals surface area contributed by atoms with E-state index < -0.39 is 5.97 Å². The molecule has 1 aromatic carbocycles. The van der Waals surface area contributed by atoms with Gasteiger partial charge in [0.25, 0.3) is 0 Å². The number of benzene rings is 1. The number of hydrogen-bond donors (Lipinski definition) is 1. The Morgan fingerprint density at radius 1 is 1.14 bits per heavy atom. The fourth-order valence-electron chi connectivity index (χ4n) is 1.86. The highest BCUT2D eigenvalue weighted by atomic mass is 16.5. The first-order chi connectivity index (χ1) is 10.2. The minimum Gasteiger partial charge on any atom is -0.490 e. The quantitative estimate of drug-likeness (QED) is 0.848. The second-order valence-electron chi connectivity index (χ2n) is 4.35. The number of carbonyl (C=O) groups is 1. The Kier molecular flexibility index (Phi) is 5.15. The minimum absolute atomic E-state index is 0.180. The first-order valence-electron chi connectivity index (χ1n) is 6.72. The number of carboxylic acid groups (broad SMARTS) is 1. The van der Waals surface area contributed by atoms with Crippen LogP contribution >= 0.6 is 0 Å². The molecule has 5 nitrogen and oxygen atoms in total. The van der Waals surface area contributed by atoms with Gasteiger partial charge in [-0.3, -0.25) is 4.98 Å². The van der Waals surface area contributed by atoms with E-state index in [2.05, 4.69) is 4.98 Å². The topological polar surface area (TPSA) is 68.7 Å². The predicted molar refractivity (Wildman–Crippen MR) is 78.0 cm³/mol. The van der Waals surface area contributed by atoms with Crippen LogP contribution < -0.4 is 9.47 Å². The summed E-state index contributed by atoms with van der Waals surface area (Å²) in [4.78, 5) is 14.9. The fraction of sp³-hybridized carbons (Fsp3) is 0.250. The molecule has 0 bridgehead atoms. The molecule has 0 spiro atoms. The molecule has 1 N–H and O–H groups in total. The Bertz CT molecular complexity index is 598. The number of nitrogens with zero attached hydrogens (tertiary/aromatic N) is 1. The van der Waals surface area contributed by atoms with Crippen LogP contribution in [0.3, 0.4) is 0 Å². The van der Waals surface area contributed by atoms with Gasteiger partial charge in [-0.1, -0.05) is 0 Å². The summed E-state index contributed by atoms with van der Waals surface area (Å²) >= 11 is 0. The van der Waals surface area contributed by atoms with E-state index in [1.165, 1.54) is 12.1 Å². The third-order valence-corrected chi connectivity index (χ3v) is 2.89. The van der Waals surface area contributed by atoms with Crippen LogP contribution in [0, 0.1) is 0 Å². The molecular weight excluding hydrogens is 270 g/mol. The van der Waals surface area contributed by atoms with Crippen LogP contribution in [0.4, 0.5) is 0 Å². The van der Waals surface area contributed by atoms with Gasteiger partial charge in [-0.2, -0.15) is 0 Å². The third kappa shape index (κ3) is 4.21. The van der Waals surface area contributed by atoms with E-state index in [9.17, 15) is 4.79 Å². The largest absolute Gasteiger partial charge is 0.490 e. The van der Waals surface area contributed by atoms with Gasteiger partial charge in [-0.15, -0.1) is 0 Å². The van der Waals surface area contributed by atoms with E-state index in [-0.39, 0.29) is 5.56 Å². The van der Waals surface area contributed by atoms with E-state index in [0.29, 0.717) is 24.7 Å². The highest BCUT2D eigenvalue weighted by molar-refractivity contribution is 5.88. The summed E-state index contributed by atoms with van der Waals surface area (Å²) in [6, 6.07) is 8.47. The maximum absolute atomic E-state index is 11.0. The Labute approximate surface area is 123 Å². The lowest BCUT2D eigenvalue weighted by Crippen LogP contribution is -2.05. The maximum Gasteiger partial charge on any atom is 0.335 e. The average Bonchev–Trinajstić information content (AvgIpc) is 2.50. The van der Waals surface area contributed by atoms with Crippen molar-refractivity contribution in [3.8, 4) is 11.5 Å². The van der Waals surface area contributed by atoms with Crippen molar-refractivity contribution in [2.75, 3.05) is 13.2 Å². The summed E-state index contributed by atoms with van der Waals surface area (Å²) in [5.74, 6) is 0.0160. The Balaban J connectivity index is 2.03. The Hall–Kier alpha value is -2.56. The normalized spacial score (nSPS) is 10.1. The third-order valence-electron chi connectivity index (χ3n) is 2.89. The van der Waals surface area contributed by atoms with Gasteiger partial charge in [-0.05, 0) is 42.8 Å². The molecule has 0 aliphatic rings. The molecular formula is C16H17NO4. The first-order valence-corrected chi connectivity index (χ1v) is 6.72.